The molecule has 0 saturated carbocycles. The maximum Gasteiger partial charge on any atom is 0.207 e. The highest BCUT2D eigenvalue weighted by atomic mass is 16.5. The zero-order valence-electron chi connectivity index (χ0n) is 11.1. The van der Waals surface area contributed by atoms with Gasteiger partial charge in [0.1, 0.15) is 0 Å². The van der Waals surface area contributed by atoms with E-state index in [1.807, 2.05) is 43.5 Å². The van der Waals surface area contributed by atoms with Gasteiger partial charge in [-0.1, -0.05) is 18.2 Å². The van der Waals surface area contributed by atoms with Crippen LogP contribution in [0, 0.1) is 6.92 Å². The lowest BCUT2D eigenvalue weighted by Crippen LogP contribution is -2.12. The molecular weight excluding hydrogens is 226 g/mol. The number of imidazole rings is 1. The quantitative estimate of drug-likeness (QED) is 0.879. The molecule has 0 aliphatic heterocycles. The second-order valence-corrected chi connectivity index (χ2v) is 4.41. The number of rotatable bonds is 5. The number of hydrogen-bond donors (Lipinski definition) is 1. The van der Waals surface area contributed by atoms with Crippen LogP contribution in [0.15, 0.2) is 36.5 Å². The van der Waals surface area contributed by atoms with Gasteiger partial charge in [-0.25, -0.2) is 4.98 Å². The molecule has 0 aliphatic carbocycles. The Morgan fingerprint density at radius 2 is 2.06 bits per heavy atom. The van der Waals surface area contributed by atoms with Crippen LogP contribution in [-0.4, -0.2) is 23.3 Å². The molecule has 0 spiro atoms. The van der Waals surface area contributed by atoms with Gasteiger partial charge in [0.2, 0.25) is 5.95 Å². The molecule has 0 amide bonds. The van der Waals surface area contributed by atoms with Gasteiger partial charge in [0, 0.05) is 19.0 Å². The maximum absolute atomic E-state index is 5.20. The molecule has 0 bridgehead atoms. The number of para-hydroxylation sites is 1. The van der Waals surface area contributed by atoms with Crippen molar-refractivity contribution in [2.45, 2.75) is 19.9 Å². The second kappa shape index (κ2) is 5.69. The van der Waals surface area contributed by atoms with E-state index in [1.54, 1.807) is 7.11 Å². The molecule has 0 saturated heterocycles. The summed E-state index contributed by atoms with van der Waals surface area (Å²) in [6, 6.07) is 10.3. The Hall–Kier alpha value is -1.81. The topological polar surface area (TPSA) is 39.1 Å². The number of anilines is 2. The predicted molar refractivity (Wildman–Crippen MR) is 73.3 cm³/mol. The lowest BCUT2D eigenvalue weighted by atomic mass is 10.3. The molecular formula is C14H19N3O. The van der Waals surface area contributed by atoms with Gasteiger partial charge in [0.25, 0.3) is 0 Å². The third-order valence-electron chi connectivity index (χ3n) is 2.77. The van der Waals surface area contributed by atoms with Gasteiger partial charge < -0.3 is 14.6 Å². The van der Waals surface area contributed by atoms with Gasteiger partial charge in [-0.05, 0) is 26.0 Å². The summed E-state index contributed by atoms with van der Waals surface area (Å²) >= 11 is 0. The highest BCUT2D eigenvalue weighted by Crippen LogP contribution is 2.20. The smallest absolute Gasteiger partial charge is 0.207 e. The second-order valence-electron chi connectivity index (χ2n) is 4.41. The molecule has 2 rings (SSSR count). The number of benzene rings is 1. The minimum Gasteiger partial charge on any atom is -0.383 e. The minimum atomic E-state index is 0.252. The molecule has 1 aromatic heterocycles. The molecule has 1 heterocycles. The Bertz CT molecular complexity index is 493. The van der Waals surface area contributed by atoms with Crippen molar-refractivity contribution in [2.24, 2.45) is 0 Å². The zero-order valence-corrected chi connectivity index (χ0v) is 11.1. The van der Waals surface area contributed by atoms with Gasteiger partial charge in [-0.15, -0.1) is 0 Å². The molecule has 2 aromatic rings. The fourth-order valence-electron chi connectivity index (χ4n) is 1.92. The first kappa shape index (κ1) is 12.6. The predicted octanol–water partition coefficient (Wildman–Crippen LogP) is 3.14. The number of aromatic nitrogens is 2. The first-order chi connectivity index (χ1) is 8.70. The van der Waals surface area contributed by atoms with Gasteiger partial charge >= 0.3 is 0 Å². The van der Waals surface area contributed by atoms with Gasteiger partial charge in [-0.2, -0.15) is 0 Å². The molecule has 4 heteroatoms. The normalized spacial score (nSPS) is 12.4. The van der Waals surface area contributed by atoms with E-state index in [2.05, 4.69) is 21.8 Å². The molecule has 1 unspecified atom stereocenters. The Balaban J connectivity index is 2.22. The van der Waals surface area contributed by atoms with E-state index >= 15 is 0 Å². The summed E-state index contributed by atoms with van der Waals surface area (Å²) in [6.07, 6.45) is 2.04. The van der Waals surface area contributed by atoms with E-state index in [-0.39, 0.29) is 6.04 Å². The fourth-order valence-corrected chi connectivity index (χ4v) is 1.92. The van der Waals surface area contributed by atoms with Crippen molar-refractivity contribution in [3.8, 4) is 0 Å². The Labute approximate surface area is 108 Å². The summed E-state index contributed by atoms with van der Waals surface area (Å²) in [7, 11) is 1.71. The van der Waals surface area contributed by atoms with Crippen molar-refractivity contribution < 1.29 is 4.74 Å². The first-order valence-electron chi connectivity index (χ1n) is 6.07. The molecule has 1 atom stereocenters. The first-order valence-corrected chi connectivity index (χ1v) is 6.07. The van der Waals surface area contributed by atoms with Crippen LogP contribution in [0.5, 0.6) is 0 Å². The van der Waals surface area contributed by atoms with Crippen molar-refractivity contribution in [3.05, 3.63) is 42.2 Å². The number of methoxy groups -OCH3 is 1. The van der Waals surface area contributed by atoms with Crippen molar-refractivity contribution in [1.29, 1.82) is 0 Å². The third-order valence-corrected chi connectivity index (χ3v) is 2.77. The van der Waals surface area contributed by atoms with E-state index in [0.29, 0.717) is 6.61 Å². The number of nitrogens with zero attached hydrogens (tertiary/aromatic N) is 2. The number of aryl methyl sites for hydroxylation is 1. The van der Waals surface area contributed by atoms with Crippen LogP contribution in [0.2, 0.25) is 0 Å². The summed E-state index contributed by atoms with van der Waals surface area (Å²) in [4.78, 5) is 4.51. The SMILES string of the molecule is COCC(C)n1cc(C)nc1Nc1ccccc1. The summed E-state index contributed by atoms with van der Waals surface area (Å²) in [5.74, 6) is 0.850. The molecule has 18 heavy (non-hydrogen) atoms. The van der Waals surface area contributed by atoms with Crippen LogP contribution in [0.4, 0.5) is 11.6 Å². The summed E-state index contributed by atoms with van der Waals surface area (Å²) in [5.41, 5.74) is 2.03. The Kier molecular flexibility index (Phi) is 3.99. The molecule has 0 fully saturated rings. The maximum atomic E-state index is 5.20. The van der Waals surface area contributed by atoms with Crippen LogP contribution in [0.1, 0.15) is 18.7 Å². The average molecular weight is 245 g/mol. The summed E-state index contributed by atoms with van der Waals surface area (Å²) < 4.78 is 7.30. The van der Waals surface area contributed by atoms with E-state index in [9.17, 15) is 0 Å². The van der Waals surface area contributed by atoms with Crippen LogP contribution >= 0.6 is 0 Å². The Morgan fingerprint density at radius 3 is 2.72 bits per heavy atom. The molecule has 0 radical (unpaired) electrons. The highest BCUT2D eigenvalue weighted by molar-refractivity contribution is 5.53. The van der Waals surface area contributed by atoms with E-state index < -0.39 is 0 Å². The van der Waals surface area contributed by atoms with Crippen LogP contribution in [0.25, 0.3) is 0 Å². The van der Waals surface area contributed by atoms with E-state index in [0.717, 1.165) is 17.3 Å². The van der Waals surface area contributed by atoms with Crippen molar-refractivity contribution in [1.82, 2.24) is 9.55 Å². The van der Waals surface area contributed by atoms with Crippen molar-refractivity contribution in [2.75, 3.05) is 19.0 Å². The molecule has 4 nitrogen and oxygen atoms in total. The fraction of sp³-hybridized carbons (Fsp3) is 0.357. The standard InChI is InChI=1S/C14H19N3O/c1-11-9-17(12(2)10-18-3)14(15-11)16-13-7-5-4-6-8-13/h4-9,12H,10H2,1-3H3,(H,15,16). The van der Waals surface area contributed by atoms with Gasteiger partial charge in [0.15, 0.2) is 0 Å². The van der Waals surface area contributed by atoms with Crippen LogP contribution < -0.4 is 5.32 Å². The number of nitrogens with one attached hydrogen (secondary N) is 1. The molecule has 96 valence electrons. The Morgan fingerprint density at radius 1 is 1.33 bits per heavy atom. The van der Waals surface area contributed by atoms with E-state index in [4.69, 9.17) is 4.74 Å². The minimum absolute atomic E-state index is 0.252. The van der Waals surface area contributed by atoms with Gasteiger partial charge in [0.05, 0.1) is 18.3 Å². The van der Waals surface area contributed by atoms with Gasteiger partial charge in [-0.3, -0.25) is 0 Å². The highest BCUT2D eigenvalue weighted by Gasteiger charge is 2.11. The van der Waals surface area contributed by atoms with Crippen molar-refractivity contribution in [3.63, 3.8) is 0 Å². The van der Waals surface area contributed by atoms with Crippen LogP contribution in [-0.2, 0) is 4.74 Å². The average Bonchev–Trinajstić information content (AvgIpc) is 2.72. The molecule has 1 N–H and O–H groups in total. The van der Waals surface area contributed by atoms with Crippen LogP contribution in [0.3, 0.4) is 0 Å². The zero-order chi connectivity index (χ0) is 13.0. The summed E-state index contributed by atoms with van der Waals surface area (Å²) in [6.45, 7) is 4.77. The number of hydrogen-bond acceptors (Lipinski definition) is 3. The number of ether oxygens (including phenoxy) is 1. The van der Waals surface area contributed by atoms with E-state index in [1.165, 1.54) is 0 Å². The monoisotopic (exact) mass is 245 g/mol. The van der Waals surface area contributed by atoms with Crippen molar-refractivity contribution >= 4 is 11.6 Å². The lowest BCUT2D eigenvalue weighted by Gasteiger charge is -2.16. The molecule has 1 aromatic carbocycles. The molecule has 0 aliphatic rings. The lowest BCUT2D eigenvalue weighted by molar-refractivity contribution is 0.163. The summed E-state index contributed by atoms with van der Waals surface area (Å²) in [5, 5.41) is 3.33. The third kappa shape index (κ3) is 2.90. The largest absolute Gasteiger partial charge is 0.383 e.